The monoisotopic (exact) mass is 391 g/mol. The standard InChI is InChI=1S/C25H29NOS/c1-18(12-14-22-19(2)9-8-16-25(22,3)4)17-21-13-15-23(28-21)24(27)26-20-10-6-5-7-11-20/h5-7,10-15,17H,8-9,16H2,1-4H3,(H,26,27)/b14-12?,18-17+. The first-order valence-corrected chi connectivity index (χ1v) is 10.7. The molecule has 146 valence electrons. The summed E-state index contributed by atoms with van der Waals surface area (Å²) in [6, 6.07) is 13.5. The highest BCUT2D eigenvalue weighted by Gasteiger charge is 2.26. The van der Waals surface area contributed by atoms with Crippen LogP contribution in [0, 0.1) is 5.41 Å². The van der Waals surface area contributed by atoms with Crippen LogP contribution in [0.4, 0.5) is 5.69 Å². The minimum atomic E-state index is -0.0613. The number of carbonyl (C=O) groups excluding carboxylic acids is 1. The molecule has 1 amide bonds. The van der Waals surface area contributed by atoms with E-state index < -0.39 is 0 Å². The van der Waals surface area contributed by atoms with Gasteiger partial charge in [-0.05, 0) is 80.0 Å². The second kappa shape index (κ2) is 8.74. The van der Waals surface area contributed by atoms with Crippen molar-refractivity contribution >= 4 is 29.0 Å². The molecule has 0 saturated heterocycles. The predicted molar refractivity (Wildman–Crippen MR) is 122 cm³/mol. The Kier molecular flexibility index (Phi) is 6.35. The van der Waals surface area contributed by atoms with Gasteiger partial charge >= 0.3 is 0 Å². The lowest BCUT2D eigenvalue weighted by atomic mass is 9.72. The summed E-state index contributed by atoms with van der Waals surface area (Å²) < 4.78 is 0. The predicted octanol–water partition coefficient (Wildman–Crippen LogP) is 7.49. The number of amides is 1. The summed E-state index contributed by atoms with van der Waals surface area (Å²) in [5, 5.41) is 2.94. The van der Waals surface area contributed by atoms with Crippen LogP contribution >= 0.6 is 11.3 Å². The van der Waals surface area contributed by atoms with E-state index in [-0.39, 0.29) is 11.3 Å². The number of hydrogen-bond donors (Lipinski definition) is 1. The highest BCUT2D eigenvalue weighted by atomic mass is 32.1. The van der Waals surface area contributed by atoms with Gasteiger partial charge in [-0.1, -0.05) is 49.8 Å². The zero-order valence-electron chi connectivity index (χ0n) is 17.2. The SMILES string of the molecule is CC1=C(C=C/C(C)=C/c2ccc(C(=O)Nc3ccccc3)s2)C(C)(C)CCC1. The van der Waals surface area contributed by atoms with Crippen LogP contribution in [0.1, 0.15) is 61.5 Å². The molecule has 0 spiro atoms. The highest BCUT2D eigenvalue weighted by Crippen LogP contribution is 2.40. The third kappa shape index (κ3) is 5.11. The van der Waals surface area contributed by atoms with Crippen molar-refractivity contribution in [3.05, 3.63) is 81.1 Å². The van der Waals surface area contributed by atoms with Crippen LogP contribution in [0.25, 0.3) is 6.08 Å². The van der Waals surface area contributed by atoms with Gasteiger partial charge in [-0.3, -0.25) is 4.79 Å². The van der Waals surface area contributed by atoms with Crippen LogP contribution in [-0.4, -0.2) is 5.91 Å². The van der Waals surface area contributed by atoms with Gasteiger partial charge in [-0.25, -0.2) is 0 Å². The van der Waals surface area contributed by atoms with Crippen LogP contribution in [0.5, 0.6) is 0 Å². The first-order valence-electron chi connectivity index (χ1n) is 9.88. The first kappa shape index (κ1) is 20.3. The molecule has 2 nitrogen and oxygen atoms in total. The summed E-state index contributed by atoms with van der Waals surface area (Å²) in [5.74, 6) is -0.0613. The summed E-state index contributed by atoms with van der Waals surface area (Å²) in [7, 11) is 0. The Balaban J connectivity index is 1.69. The summed E-state index contributed by atoms with van der Waals surface area (Å²) in [5.41, 5.74) is 5.25. The zero-order valence-corrected chi connectivity index (χ0v) is 18.0. The molecule has 2 aromatic rings. The van der Waals surface area contributed by atoms with Crippen molar-refractivity contribution in [2.45, 2.75) is 47.0 Å². The molecular formula is C25H29NOS. The molecule has 0 radical (unpaired) electrons. The van der Waals surface area contributed by atoms with E-state index >= 15 is 0 Å². The summed E-state index contributed by atoms with van der Waals surface area (Å²) in [6.45, 7) is 9.05. The maximum Gasteiger partial charge on any atom is 0.265 e. The Morgan fingerprint density at radius 2 is 1.89 bits per heavy atom. The normalized spacial score (nSPS) is 17.2. The number of thiophene rings is 1. The number of benzene rings is 1. The van der Waals surface area contributed by atoms with Gasteiger partial charge < -0.3 is 5.32 Å². The van der Waals surface area contributed by atoms with Crippen LogP contribution in [0.2, 0.25) is 0 Å². The summed E-state index contributed by atoms with van der Waals surface area (Å²) in [6.07, 6.45) is 10.4. The molecule has 1 aromatic carbocycles. The lowest BCUT2D eigenvalue weighted by molar-refractivity contribution is 0.103. The topological polar surface area (TPSA) is 29.1 Å². The van der Waals surface area contributed by atoms with E-state index in [4.69, 9.17) is 0 Å². The number of hydrogen-bond acceptors (Lipinski definition) is 2. The van der Waals surface area contributed by atoms with Crippen molar-refractivity contribution in [2.75, 3.05) is 5.32 Å². The first-order chi connectivity index (χ1) is 13.3. The van der Waals surface area contributed by atoms with Gasteiger partial charge in [0.1, 0.15) is 0 Å². The molecule has 3 rings (SSSR count). The smallest absolute Gasteiger partial charge is 0.265 e. The molecule has 1 aliphatic rings. The second-order valence-corrected chi connectivity index (χ2v) is 9.29. The van der Waals surface area contributed by atoms with Gasteiger partial charge in [-0.2, -0.15) is 0 Å². The number of carbonyl (C=O) groups is 1. The molecule has 1 aliphatic carbocycles. The minimum Gasteiger partial charge on any atom is -0.321 e. The highest BCUT2D eigenvalue weighted by molar-refractivity contribution is 7.15. The lowest BCUT2D eigenvalue weighted by Crippen LogP contribution is -2.19. The largest absolute Gasteiger partial charge is 0.321 e. The van der Waals surface area contributed by atoms with Gasteiger partial charge in [-0.15, -0.1) is 11.3 Å². The van der Waals surface area contributed by atoms with E-state index in [0.29, 0.717) is 0 Å². The second-order valence-electron chi connectivity index (χ2n) is 8.18. The minimum absolute atomic E-state index is 0.0613. The lowest BCUT2D eigenvalue weighted by Gasteiger charge is -2.32. The van der Waals surface area contributed by atoms with Crippen molar-refractivity contribution in [3.63, 3.8) is 0 Å². The van der Waals surface area contributed by atoms with E-state index in [2.05, 4.69) is 51.2 Å². The summed E-state index contributed by atoms with van der Waals surface area (Å²) >= 11 is 1.52. The van der Waals surface area contributed by atoms with Crippen molar-refractivity contribution in [1.82, 2.24) is 0 Å². The Bertz CT molecular complexity index is 928. The van der Waals surface area contributed by atoms with Gasteiger partial charge in [0, 0.05) is 10.6 Å². The molecule has 1 aromatic heterocycles. The third-order valence-corrected chi connectivity index (χ3v) is 6.34. The Morgan fingerprint density at radius 1 is 1.14 bits per heavy atom. The number of anilines is 1. The van der Waals surface area contributed by atoms with Crippen LogP contribution < -0.4 is 5.32 Å². The molecular weight excluding hydrogens is 362 g/mol. The Hall–Kier alpha value is -2.39. The third-order valence-electron chi connectivity index (χ3n) is 5.31. The Labute approximate surface area is 172 Å². The molecule has 1 heterocycles. The van der Waals surface area contributed by atoms with Crippen LogP contribution in [0.3, 0.4) is 0 Å². The van der Waals surface area contributed by atoms with Gasteiger partial charge in [0.15, 0.2) is 0 Å². The molecule has 0 aliphatic heterocycles. The average Bonchev–Trinajstić information content (AvgIpc) is 3.10. The Morgan fingerprint density at radius 3 is 2.61 bits per heavy atom. The van der Waals surface area contributed by atoms with Crippen molar-refractivity contribution in [3.8, 4) is 0 Å². The molecule has 0 unspecified atom stereocenters. The number of allylic oxidation sites excluding steroid dienone is 5. The molecule has 0 atom stereocenters. The maximum atomic E-state index is 12.4. The van der Waals surface area contributed by atoms with Crippen molar-refractivity contribution < 1.29 is 4.79 Å². The number of para-hydroxylation sites is 1. The molecule has 3 heteroatoms. The van der Waals surface area contributed by atoms with Crippen molar-refractivity contribution in [1.29, 1.82) is 0 Å². The molecule has 1 N–H and O–H groups in total. The fraction of sp³-hybridized carbons (Fsp3) is 0.320. The van der Waals surface area contributed by atoms with Gasteiger partial charge in [0.2, 0.25) is 0 Å². The van der Waals surface area contributed by atoms with E-state index in [1.165, 1.54) is 47.3 Å². The molecule has 0 bridgehead atoms. The van der Waals surface area contributed by atoms with E-state index in [1.807, 2.05) is 42.5 Å². The molecule has 28 heavy (non-hydrogen) atoms. The summed E-state index contributed by atoms with van der Waals surface area (Å²) in [4.78, 5) is 14.2. The zero-order chi connectivity index (χ0) is 20.1. The number of nitrogens with one attached hydrogen (secondary N) is 1. The van der Waals surface area contributed by atoms with Crippen LogP contribution in [-0.2, 0) is 0 Å². The van der Waals surface area contributed by atoms with Crippen molar-refractivity contribution in [2.24, 2.45) is 5.41 Å². The fourth-order valence-corrected chi connectivity index (χ4v) is 4.68. The van der Waals surface area contributed by atoms with E-state index in [0.717, 1.165) is 15.4 Å². The quantitative estimate of drug-likeness (QED) is 0.526. The fourth-order valence-electron chi connectivity index (χ4n) is 3.76. The molecule has 0 fully saturated rings. The van der Waals surface area contributed by atoms with Crippen LogP contribution in [0.15, 0.2) is 71.3 Å². The van der Waals surface area contributed by atoms with Gasteiger partial charge in [0.25, 0.3) is 5.91 Å². The van der Waals surface area contributed by atoms with E-state index in [1.54, 1.807) is 0 Å². The average molecular weight is 392 g/mol. The van der Waals surface area contributed by atoms with Gasteiger partial charge in [0.05, 0.1) is 4.88 Å². The maximum absolute atomic E-state index is 12.4. The van der Waals surface area contributed by atoms with E-state index in [9.17, 15) is 4.79 Å². The number of rotatable bonds is 5. The molecule has 0 saturated carbocycles.